The monoisotopic (exact) mass is 236 g/mol. The van der Waals surface area contributed by atoms with Gasteiger partial charge in [0, 0.05) is 5.56 Å². The molecule has 0 saturated heterocycles. The van der Waals surface area contributed by atoms with Crippen LogP contribution in [0.2, 0.25) is 0 Å². The van der Waals surface area contributed by atoms with Gasteiger partial charge < -0.3 is 4.74 Å². The van der Waals surface area contributed by atoms with Gasteiger partial charge in [0.2, 0.25) is 0 Å². The van der Waals surface area contributed by atoms with Crippen molar-refractivity contribution in [3.05, 3.63) is 29.8 Å². The molecule has 0 aromatic heterocycles. The molecule has 0 aliphatic carbocycles. The first-order valence-electron chi connectivity index (χ1n) is 4.16. The number of nitrogens with two attached hydrogens (primary N) is 1. The van der Waals surface area contributed by atoms with E-state index in [1.54, 1.807) is 18.2 Å². The van der Waals surface area contributed by atoms with E-state index in [4.69, 9.17) is 22.2 Å². The first-order valence-corrected chi connectivity index (χ1v) is 4.54. The molecule has 0 heterocycles. The van der Waals surface area contributed by atoms with Gasteiger partial charge in [0.15, 0.2) is 0 Å². The molecule has 0 spiro atoms. The summed E-state index contributed by atoms with van der Waals surface area (Å²) in [7, 11) is 1.39. The fourth-order valence-electron chi connectivity index (χ4n) is 1.27. The van der Waals surface area contributed by atoms with Gasteiger partial charge in [0.1, 0.15) is 11.8 Å². The summed E-state index contributed by atoms with van der Waals surface area (Å²) in [5.41, 5.74) is 2.18. The van der Waals surface area contributed by atoms with Crippen molar-refractivity contribution >= 4 is 11.6 Å². The van der Waals surface area contributed by atoms with Crippen molar-refractivity contribution in [3.63, 3.8) is 0 Å². The average Bonchev–Trinajstić information content (AvgIpc) is 2.17. The van der Waals surface area contributed by atoms with Crippen LogP contribution in [0.4, 0.5) is 8.78 Å². The third kappa shape index (κ3) is 2.77. The van der Waals surface area contributed by atoms with E-state index in [-0.39, 0.29) is 5.56 Å². The van der Waals surface area contributed by atoms with E-state index in [1.807, 2.05) is 5.43 Å². The van der Waals surface area contributed by atoms with Gasteiger partial charge in [-0.05, 0) is 17.7 Å². The second kappa shape index (κ2) is 4.74. The number of nitrogens with one attached hydrogen (secondary N) is 1. The van der Waals surface area contributed by atoms with Crippen LogP contribution in [0.15, 0.2) is 24.3 Å². The molecule has 3 nitrogen and oxygen atoms in total. The lowest BCUT2D eigenvalue weighted by Gasteiger charge is -2.22. The van der Waals surface area contributed by atoms with Crippen LogP contribution >= 0.6 is 11.6 Å². The number of hydrogen-bond acceptors (Lipinski definition) is 3. The summed E-state index contributed by atoms with van der Waals surface area (Å²) in [6.45, 7) is 0. The highest BCUT2D eigenvalue weighted by atomic mass is 35.5. The van der Waals surface area contributed by atoms with E-state index >= 15 is 0 Å². The number of para-hydroxylation sites is 1. The second-order valence-corrected chi connectivity index (χ2v) is 3.39. The molecule has 0 amide bonds. The van der Waals surface area contributed by atoms with Crippen molar-refractivity contribution in [2.24, 2.45) is 5.84 Å². The van der Waals surface area contributed by atoms with Crippen molar-refractivity contribution in [2.45, 2.75) is 11.4 Å². The molecule has 15 heavy (non-hydrogen) atoms. The highest BCUT2D eigenvalue weighted by molar-refractivity contribution is 6.22. The van der Waals surface area contributed by atoms with Crippen LogP contribution in [0.25, 0.3) is 0 Å². The summed E-state index contributed by atoms with van der Waals surface area (Å²) in [5.74, 6) is 5.35. The molecule has 0 aliphatic heterocycles. The van der Waals surface area contributed by atoms with E-state index in [1.165, 1.54) is 13.2 Å². The Morgan fingerprint density at radius 2 is 2.07 bits per heavy atom. The molecule has 6 heteroatoms. The van der Waals surface area contributed by atoms with Gasteiger partial charge >= 0.3 is 5.38 Å². The number of methoxy groups -OCH3 is 1. The normalized spacial score (nSPS) is 13.7. The van der Waals surface area contributed by atoms with Crippen LogP contribution in [-0.2, 0) is 0 Å². The second-order valence-electron chi connectivity index (χ2n) is 2.88. The largest absolute Gasteiger partial charge is 0.496 e. The minimum absolute atomic E-state index is 0.211. The molecule has 0 radical (unpaired) electrons. The van der Waals surface area contributed by atoms with Crippen LogP contribution in [0.3, 0.4) is 0 Å². The van der Waals surface area contributed by atoms with Gasteiger partial charge in [0.05, 0.1) is 7.11 Å². The first kappa shape index (κ1) is 12.2. The number of ether oxygens (including phenoxy) is 1. The van der Waals surface area contributed by atoms with Gasteiger partial charge in [-0.1, -0.05) is 18.2 Å². The molecule has 1 aromatic carbocycles. The Hall–Kier alpha value is -0.910. The summed E-state index contributed by atoms with van der Waals surface area (Å²) < 4.78 is 30.8. The highest BCUT2D eigenvalue weighted by Gasteiger charge is 2.39. The Bertz CT molecular complexity index is 330. The van der Waals surface area contributed by atoms with Crippen LogP contribution in [-0.4, -0.2) is 12.5 Å². The maximum Gasteiger partial charge on any atom is 0.342 e. The Balaban J connectivity index is 3.12. The van der Waals surface area contributed by atoms with Crippen molar-refractivity contribution < 1.29 is 13.5 Å². The van der Waals surface area contributed by atoms with Gasteiger partial charge in [-0.25, -0.2) is 5.43 Å². The van der Waals surface area contributed by atoms with Crippen LogP contribution in [0, 0.1) is 0 Å². The summed E-state index contributed by atoms with van der Waals surface area (Å²) >= 11 is 4.93. The predicted molar refractivity (Wildman–Crippen MR) is 53.9 cm³/mol. The number of rotatable bonds is 4. The summed E-state index contributed by atoms with van der Waals surface area (Å²) in [5, 5.41) is -3.48. The van der Waals surface area contributed by atoms with Crippen molar-refractivity contribution in [3.8, 4) is 5.75 Å². The number of hydrazine groups is 1. The standard InChI is InChI=1S/C9H11ClF2N2O/c1-15-7-5-3-2-4-6(7)8(14-13)9(10,11)12/h2-5,8,14H,13H2,1H3. The van der Waals surface area contributed by atoms with Crippen molar-refractivity contribution in [2.75, 3.05) is 7.11 Å². The Morgan fingerprint density at radius 1 is 1.47 bits per heavy atom. The third-order valence-corrected chi connectivity index (χ3v) is 2.16. The predicted octanol–water partition coefficient (Wildman–Crippen LogP) is 2.03. The van der Waals surface area contributed by atoms with E-state index < -0.39 is 11.4 Å². The fraction of sp³-hybridized carbons (Fsp3) is 0.333. The van der Waals surface area contributed by atoms with Gasteiger partial charge in [-0.2, -0.15) is 8.78 Å². The van der Waals surface area contributed by atoms with E-state index in [9.17, 15) is 8.78 Å². The van der Waals surface area contributed by atoms with E-state index in [0.29, 0.717) is 5.75 Å². The topological polar surface area (TPSA) is 47.3 Å². The quantitative estimate of drug-likeness (QED) is 0.478. The zero-order valence-electron chi connectivity index (χ0n) is 8.01. The lowest BCUT2D eigenvalue weighted by atomic mass is 10.1. The number of benzene rings is 1. The molecule has 84 valence electrons. The Morgan fingerprint density at radius 3 is 2.53 bits per heavy atom. The van der Waals surface area contributed by atoms with E-state index in [2.05, 4.69) is 0 Å². The molecule has 0 fully saturated rings. The zero-order valence-corrected chi connectivity index (χ0v) is 8.76. The smallest absolute Gasteiger partial charge is 0.342 e. The maximum atomic E-state index is 13.0. The van der Waals surface area contributed by atoms with Crippen LogP contribution in [0.5, 0.6) is 5.75 Å². The lowest BCUT2D eigenvalue weighted by molar-refractivity contribution is 0.0487. The first-order chi connectivity index (χ1) is 7.00. The molecule has 0 aliphatic rings. The van der Waals surface area contributed by atoms with Gasteiger partial charge in [0.25, 0.3) is 0 Å². The Kier molecular flexibility index (Phi) is 3.84. The molecule has 0 saturated carbocycles. The zero-order chi connectivity index (χ0) is 11.5. The molecule has 0 bridgehead atoms. The van der Waals surface area contributed by atoms with Crippen molar-refractivity contribution in [1.82, 2.24) is 5.43 Å². The minimum Gasteiger partial charge on any atom is -0.496 e. The molecular formula is C9H11ClF2N2O. The minimum atomic E-state index is -3.48. The average molecular weight is 237 g/mol. The van der Waals surface area contributed by atoms with Crippen molar-refractivity contribution in [1.29, 1.82) is 0 Å². The molecule has 3 N–H and O–H groups in total. The van der Waals surface area contributed by atoms with Gasteiger partial charge in [-0.3, -0.25) is 5.84 Å². The fourth-order valence-corrected chi connectivity index (χ4v) is 1.45. The highest BCUT2D eigenvalue weighted by Crippen LogP contribution is 2.38. The summed E-state index contributed by atoms with van der Waals surface area (Å²) in [6.07, 6.45) is 0. The number of halogens is 3. The lowest BCUT2D eigenvalue weighted by Crippen LogP contribution is -2.38. The number of hydrogen-bond donors (Lipinski definition) is 2. The molecule has 1 rings (SSSR count). The van der Waals surface area contributed by atoms with Gasteiger partial charge in [-0.15, -0.1) is 0 Å². The summed E-state index contributed by atoms with van der Waals surface area (Å²) in [6, 6.07) is 4.81. The Labute approximate surface area is 91.1 Å². The molecule has 1 aromatic rings. The maximum absolute atomic E-state index is 13.0. The molecule has 1 atom stereocenters. The molecular weight excluding hydrogens is 226 g/mol. The number of alkyl halides is 3. The summed E-state index contributed by atoms with van der Waals surface area (Å²) in [4.78, 5) is 0. The van der Waals surface area contributed by atoms with E-state index in [0.717, 1.165) is 0 Å². The van der Waals surface area contributed by atoms with Crippen LogP contribution in [0.1, 0.15) is 11.6 Å². The SMILES string of the molecule is COc1ccccc1C(NN)C(F)(F)Cl. The van der Waals surface area contributed by atoms with Crippen LogP contribution < -0.4 is 16.0 Å². The third-order valence-electron chi connectivity index (χ3n) is 1.94. The molecule has 1 unspecified atom stereocenters.